The van der Waals surface area contributed by atoms with Crippen molar-refractivity contribution in [2.45, 2.75) is 20.4 Å². The van der Waals surface area contributed by atoms with E-state index in [0.29, 0.717) is 49.9 Å². The number of nitrogens with one attached hydrogen (secondary N) is 1. The van der Waals surface area contributed by atoms with Crippen LogP contribution < -0.4 is 5.32 Å². The van der Waals surface area contributed by atoms with Crippen molar-refractivity contribution in [3.63, 3.8) is 0 Å². The molecule has 3 heterocycles. The maximum Gasteiger partial charge on any atom is 0.275 e. The van der Waals surface area contributed by atoms with E-state index in [-0.39, 0.29) is 16.6 Å². The Morgan fingerprint density at radius 2 is 2.00 bits per heavy atom. The molecule has 1 N–H and O–H groups in total. The fourth-order valence-corrected chi connectivity index (χ4v) is 3.16. The third kappa shape index (κ3) is 3.32. The molecule has 0 aliphatic carbocycles. The number of anilines is 1. The summed E-state index contributed by atoms with van der Waals surface area (Å²) in [5, 5.41) is 11.4. The average Bonchev–Trinajstić information content (AvgIpc) is 3.15. The first kappa shape index (κ1) is 18.4. The smallest absolute Gasteiger partial charge is 0.275 e. The third-order valence-electron chi connectivity index (χ3n) is 4.25. The molecule has 0 radical (unpaired) electrons. The van der Waals surface area contributed by atoms with Gasteiger partial charge < -0.3 is 15.0 Å². The van der Waals surface area contributed by atoms with Crippen molar-refractivity contribution in [1.29, 1.82) is 0 Å². The lowest BCUT2D eigenvalue weighted by Crippen LogP contribution is -2.41. The standard InChI is InChI=1S/C16H21ClN6O3/c1-4-23-13(16(25)22-5-7-26-8-6-22)11(9-18-23)19-15(24)14-12(17)10(2)20-21(14)3/h9H,4-8H2,1-3H3,(H,19,24). The minimum Gasteiger partial charge on any atom is -0.378 e. The number of nitrogens with zero attached hydrogens (tertiary/aromatic N) is 5. The van der Waals surface area contributed by atoms with Crippen LogP contribution in [0.1, 0.15) is 33.6 Å². The molecule has 0 saturated carbocycles. The van der Waals surface area contributed by atoms with E-state index in [4.69, 9.17) is 16.3 Å². The first-order chi connectivity index (χ1) is 12.4. The summed E-state index contributed by atoms with van der Waals surface area (Å²) in [6.07, 6.45) is 1.48. The maximum absolute atomic E-state index is 12.9. The summed E-state index contributed by atoms with van der Waals surface area (Å²) in [4.78, 5) is 27.3. The lowest BCUT2D eigenvalue weighted by atomic mass is 10.2. The van der Waals surface area contributed by atoms with Gasteiger partial charge in [0.2, 0.25) is 0 Å². The molecule has 0 atom stereocenters. The highest BCUT2D eigenvalue weighted by Crippen LogP contribution is 2.23. The topological polar surface area (TPSA) is 94.3 Å². The van der Waals surface area contributed by atoms with Gasteiger partial charge in [0.1, 0.15) is 11.4 Å². The third-order valence-corrected chi connectivity index (χ3v) is 4.70. The molecule has 1 aliphatic heterocycles. The van der Waals surface area contributed by atoms with Crippen LogP contribution in [0.2, 0.25) is 5.02 Å². The summed E-state index contributed by atoms with van der Waals surface area (Å²) in [6.45, 7) is 6.13. The van der Waals surface area contributed by atoms with E-state index < -0.39 is 5.91 Å². The van der Waals surface area contributed by atoms with Crippen molar-refractivity contribution in [2.75, 3.05) is 31.6 Å². The van der Waals surface area contributed by atoms with Gasteiger partial charge in [-0.1, -0.05) is 11.6 Å². The molecule has 0 aromatic carbocycles. The van der Waals surface area contributed by atoms with Gasteiger partial charge in [0.05, 0.1) is 35.8 Å². The first-order valence-electron chi connectivity index (χ1n) is 8.37. The molecule has 3 rings (SSSR count). The average molecular weight is 381 g/mol. The van der Waals surface area contributed by atoms with Crippen LogP contribution >= 0.6 is 11.6 Å². The SMILES string of the molecule is CCn1ncc(NC(=O)c2c(Cl)c(C)nn2C)c1C(=O)N1CCOCC1. The van der Waals surface area contributed by atoms with E-state index in [0.717, 1.165) is 0 Å². The fraction of sp³-hybridized carbons (Fsp3) is 0.500. The zero-order chi connectivity index (χ0) is 18.8. The molecule has 10 heteroatoms. The van der Waals surface area contributed by atoms with E-state index in [1.165, 1.54) is 10.9 Å². The van der Waals surface area contributed by atoms with Crippen LogP contribution in [0.5, 0.6) is 0 Å². The first-order valence-corrected chi connectivity index (χ1v) is 8.75. The summed E-state index contributed by atoms with van der Waals surface area (Å²) < 4.78 is 8.28. The number of amides is 2. The van der Waals surface area contributed by atoms with Crippen molar-refractivity contribution in [1.82, 2.24) is 24.5 Å². The number of aryl methyl sites for hydroxylation is 3. The van der Waals surface area contributed by atoms with Crippen LogP contribution in [0.3, 0.4) is 0 Å². The summed E-state index contributed by atoms with van der Waals surface area (Å²) in [5.41, 5.74) is 1.49. The number of rotatable bonds is 4. The Balaban J connectivity index is 1.89. The van der Waals surface area contributed by atoms with Crippen LogP contribution in [0.25, 0.3) is 0 Å². The quantitative estimate of drug-likeness (QED) is 0.863. The van der Waals surface area contributed by atoms with Crippen molar-refractivity contribution in [3.05, 3.63) is 28.3 Å². The van der Waals surface area contributed by atoms with Crippen LogP contribution in [0.15, 0.2) is 6.20 Å². The largest absolute Gasteiger partial charge is 0.378 e. The molecule has 26 heavy (non-hydrogen) atoms. The Morgan fingerprint density at radius 1 is 1.31 bits per heavy atom. The highest BCUT2D eigenvalue weighted by molar-refractivity contribution is 6.34. The number of ether oxygens (including phenoxy) is 1. The molecule has 0 spiro atoms. The number of hydrogen-bond donors (Lipinski definition) is 1. The van der Waals surface area contributed by atoms with Crippen molar-refractivity contribution < 1.29 is 14.3 Å². The number of aromatic nitrogens is 4. The zero-order valence-electron chi connectivity index (χ0n) is 15.0. The molecule has 1 saturated heterocycles. The van der Waals surface area contributed by atoms with Crippen molar-refractivity contribution in [2.24, 2.45) is 7.05 Å². The van der Waals surface area contributed by atoms with Gasteiger partial charge in [-0.05, 0) is 13.8 Å². The molecule has 1 fully saturated rings. The summed E-state index contributed by atoms with van der Waals surface area (Å²) in [5.74, 6) is -0.625. The summed E-state index contributed by atoms with van der Waals surface area (Å²) in [7, 11) is 1.64. The van der Waals surface area contributed by atoms with Crippen LogP contribution in [-0.2, 0) is 18.3 Å². The van der Waals surface area contributed by atoms with E-state index in [2.05, 4.69) is 15.5 Å². The van der Waals surface area contributed by atoms with Crippen LogP contribution in [0, 0.1) is 6.92 Å². The Bertz CT molecular complexity index is 837. The zero-order valence-corrected chi connectivity index (χ0v) is 15.7. The van der Waals surface area contributed by atoms with Gasteiger partial charge in [0.25, 0.3) is 11.8 Å². The predicted molar refractivity (Wildman–Crippen MR) is 95.5 cm³/mol. The molecular formula is C16H21ClN6O3. The minimum atomic E-state index is -0.440. The summed E-state index contributed by atoms with van der Waals surface area (Å²) >= 11 is 6.18. The molecule has 0 bridgehead atoms. The number of hydrogen-bond acceptors (Lipinski definition) is 5. The number of morpholine rings is 1. The second kappa shape index (κ2) is 7.46. The van der Waals surface area contributed by atoms with Crippen LogP contribution in [0.4, 0.5) is 5.69 Å². The van der Waals surface area contributed by atoms with Gasteiger partial charge in [-0.25, -0.2) is 0 Å². The number of carbonyl (C=O) groups excluding carboxylic acids is 2. The van der Waals surface area contributed by atoms with Gasteiger partial charge in [0.15, 0.2) is 0 Å². The number of halogens is 1. The fourth-order valence-electron chi connectivity index (χ4n) is 2.92. The monoisotopic (exact) mass is 380 g/mol. The van der Waals surface area contributed by atoms with E-state index in [9.17, 15) is 9.59 Å². The molecular weight excluding hydrogens is 360 g/mol. The van der Waals surface area contributed by atoms with E-state index in [1.54, 1.807) is 23.6 Å². The molecule has 1 aliphatic rings. The second-order valence-electron chi connectivity index (χ2n) is 5.95. The molecule has 2 aromatic rings. The minimum absolute atomic E-state index is 0.185. The lowest BCUT2D eigenvalue weighted by molar-refractivity contribution is 0.0295. The summed E-state index contributed by atoms with van der Waals surface area (Å²) in [6, 6.07) is 0. The molecule has 2 aromatic heterocycles. The van der Waals surface area contributed by atoms with Crippen LogP contribution in [-0.4, -0.2) is 62.6 Å². The Hall–Kier alpha value is -2.39. The maximum atomic E-state index is 12.9. The van der Waals surface area contributed by atoms with E-state index in [1.807, 2.05) is 6.92 Å². The van der Waals surface area contributed by atoms with Gasteiger partial charge in [0, 0.05) is 26.7 Å². The van der Waals surface area contributed by atoms with Crippen molar-refractivity contribution in [3.8, 4) is 0 Å². The lowest BCUT2D eigenvalue weighted by Gasteiger charge is -2.27. The molecule has 2 amide bonds. The Kier molecular flexibility index (Phi) is 5.28. The van der Waals surface area contributed by atoms with Crippen molar-refractivity contribution >= 4 is 29.1 Å². The normalized spacial score (nSPS) is 14.5. The Morgan fingerprint density at radius 3 is 2.58 bits per heavy atom. The highest BCUT2D eigenvalue weighted by Gasteiger charge is 2.27. The molecule has 140 valence electrons. The predicted octanol–water partition coefficient (Wildman–Crippen LogP) is 1.32. The van der Waals surface area contributed by atoms with E-state index >= 15 is 0 Å². The number of carbonyl (C=O) groups is 2. The van der Waals surface area contributed by atoms with Gasteiger partial charge in [-0.3, -0.25) is 19.0 Å². The highest BCUT2D eigenvalue weighted by atomic mass is 35.5. The Labute approximate surface area is 155 Å². The second-order valence-corrected chi connectivity index (χ2v) is 6.33. The van der Waals surface area contributed by atoms with Gasteiger partial charge >= 0.3 is 0 Å². The molecule has 0 unspecified atom stereocenters. The molecule has 9 nitrogen and oxygen atoms in total. The van der Waals surface area contributed by atoms with Gasteiger partial charge in [-0.15, -0.1) is 0 Å². The van der Waals surface area contributed by atoms with Gasteiger partial charge in [-0.2, -0.15) is 10.2 Å².